The number of rotatable bonds is 9. The van der Waals surface area contributed by atoms with Gasteiger partial charge in [-0.05, 0) is 36.2 Å². The number of hydrogen-bond acceptors (Lipinski definition) is 6. The highest BCUT2D eigenvalue weighted by molar-refractivity contribution is 7.89. The Morgan fingerprint density at radius 1 is 1.07 bits per heavy atom. The van der Waals surface area contributed by atoms with E-state index in [0.717, 1.165) is 5.56 Å². The minimum absolute atomic E-state index is 0.0629. The Kier molecular flexibility index (Phi) is 7.03. The van der Waals surface area contributed by atoms with Gasteiger partial charge in [-0.2, -0.15) is 0 Å². The third-order valence-electron chi connectivity index (χ3n) is 3.84. The van der Waals surface area contributed by atoms with Crippen LogP contribution in [0.2, 0.25) is 0 Å². The van der Waals surface area contributed by atoms with Gasteiger partial charge in [0.15, 0.2) is 0 Å². The summed E-state index contributed by atoms with van der Waals surface area (Å²) in [6.45, 7) is 0.516. The van der Waals surface area contributed by atoms with Gasteiger partial charge in [0.05, 0.1) is 31.3 Å². The molecule has 0 fully saturated rings. The van der Waals surface area contributed by atoms with Crippen LogP contribution in [0.3, 0.4) is 0 Å². The molecule has 0 spiro atoms. The highest BCUT2D eigenvalue weighted by atomic mass is 32.2. The van der Waals surface area contributed by atoms with Crippen molar-refractivity contribution in [3.05, 3.63) is 48.0 Å². The van der Waals surface area contributed by atoms with Gasteiger partial charge in [-0.1, -0.05) is 12.1 Å². The van der Waals surface area contributed by atoms with Crippen molar-refractivity contribution in [3.63, 3.8) is 0 Å². The van der Waals surface area contributed by atoms with Crippen LogP contribution in [0, 0.1) is 0 Å². The van der Waals surface area contributed by atoms with Gasteiger partial charge < -0.3 is 20.1 Å². The largest absolute Gasteiger partial charge is 0.497 e. The quantitative estimate of drug-likeness (QED) is 0.587. The molecule has 27 heavy (non-hydrogen) atoms. The zero-order valence-electron chi connectivity index (χ0n) is 15.2. The summed E-state index contributed by atoms with van der Waals surface area (Å²) < 4.78 is 32.8. The van der Waals surface area contributed by atoms with Crippen LogP contribution in [0.4, 0.5) is 5.69 Å². The molecule has 0 radical (unpaired) electrons. The van der Waals surface area contributed by atoms with Crippen molar-refractivity contribution < 1.29 is 22.7 Å². The molecule has 0 unspecified atom stereocenters. The summed E-state index contributed by atoms with van der Waals surface area (Å²) >= 11 is 0. The van der Waals surface area contributed by atoms with Gasteiger partial charge in [-0.15, -0.1) is 0 Å². The van der Waals surface area contributed by atoms with E-state index in [4.69, 9.17) is 14.6 Å². The van der Waals surface area contributed by atoms with Crippen molar-refractivity contribution in [2.75, 3.05) is 32.6 Å². The van der Waals surface area contributed by atoms with Gasteiger partial charge in [-0.25, -0.2) is 13.6 Å². The molecule has 0 heterocycles. The Labute approximate surface area is 158 Å². The van der Waals surface area contributed by atoms with Crippen molar-refractivity contribution in [1.82, 2.24) is 5.32 Å². The fraction of sp³-hybridized carbons (Fsp3) is 0.278. The van der Waals surface area contributed by atoms with Crippen LogP contribution in [-0.4, -0.2) is 41.6 Å². The molecule has 0 atom stereocenters. The van der Waals surface area contributed by atoms with E-state index in [9.17, 15) is 13.2 Å². The number of primary sulfonamides is 1. The smallest absolute Gasteiger partial charge is 0.239 e. The van der Waals surface area contributed by atoms with Gasteiger partial charge in [0.2, 0.25) is 15.9 Å². The van der Waals surface area contributed by atoms with E-state index in [1.165, 1.54) is 12.1 Å². The second-order valence-electron chi connectivity index (χ2n) is 5.71. The van der Waals surface area contributed by atoms with E-state index >= 15 is 0 Å². The van der Waals surface area contributed by atoms with E-state index < -0.39 is 10.0 Å². The summed E-state index contributed by atoms with van der Waals surface area (Å²) in [4.78, 5) is 12.0. The summed E-state index contributed by atoms with van der Waals surface area (Å²) in [5, 5.41) is 10.9. The number of carbonyl (C=O) groups excluding carboxylic acids is 1. The number of benzene rings is 2. The van der Waals surface area contributed by atoms with Crippen molar-refractivity contribution >= 4 is 21.6 Å². The Balaban J connectivity index is 1.80. The van der Waals surface area contributed by atoms with Gasteiger partial charge in [0.1, 0.15) is 11.5 Å². The van der Waals surface area contributed by atoms with E-state index in [0.29, 0.717) is 30.2 Å². The topological polar surface area (TPSA) is 120 Å². The van der Waals surface area contributed by atoms with E-state index in [-0.39, 0.29) is 17.3 Å². The second-order valence-corrected chi connectivity index (χ2v) is 7.27. The fourth-order valence-corrected chi connectivity index (χ4v) is 2.89. The number of nitrogens with two attached hydrogens (primary N) is 1. The second kappa shape index (κ2) is 9.24. The number of methoxy groups -OCH3 is 2. The zero-order valence-corrected chi connectivity index (χ0v) is 16.0. The number of anilines is 1. The first-order valence-corrected chi connectivity index (χ1v) is 9.72. The van der Waals surface area contributed by atoms with Crippen molar-refractivity contribution in [2.24, 2.45) is 5.14 Å². The number of amides is 1. The lowest BCUT2D eigenvalue weighted by atomic mass is 10.1. The predicted molar refractivity (Wildman–Crippen MR) is 103 cm³/mol. The lowest BCUT2D eigenvalue weighted by Gasteiger charge is -2.12. The Bertz CT molecular complexity index is 882. The third kappa shape index (κ3) is 6.15. The average Bonchev–Trinajstić information content (AvgIpc) is 2.66. The summed E-state index contributed by atoms with van der Waals surface area (Å²) in [6, 6.07) is 11.5. The normalized spacial score (nSPS) is 10.9. The number of nitrogens with one attached hydrogen (secondary N) is 2. The number of carbonyl (C=O) groups is 1. The highest BCUT2D eigenvalue weighted by Crippen LogP contribution is 2.28. The molecule has 146 valence electrons. The van der Waals surface area contributed by atoms with Crippen LogP contribution in [0.25, 0.3) is 0 Å². The van der Waals surface area contributed by atoms with Crippen LogP contribution in [0.1, 0.15) is 5.56 Å². The maximum absolute atomic E-state index is 12.0. The van der Waals surface area contributed by atoms with Crippen molar-refractivity contribution in [1.29, 1.82) is 0 Å². The molecule has 9 heteroatoms. The zero-order chi connectivity index (χ0) is 19.9. The monoisotopic (exact) mass is 393 g/mol. The van der Waals surface area contributed by atoms with Gasteiger partial charge in [0.25, 0.3) is 0 Å². The molecular formula is C18H23N3O5S. The van der Waals surface area contributed by atoms with Gasteiger partial charge in [-0.3, -0.25) is 4.79 Å². The maximum atomic E-state index is 12.0. The molecule has 0 aromatic heterocycles. The molecule has 2 aromatic carbocycles. The van der Waals surface area contributed by atoms with Crippen LogP contribution < -0.4 is 25.2 Å². The Morgan fingerprint density at radius 2 is 1.78 bits per heavy atom. The summed E-state index contributed by atoms with van der Waals surface area (Å²) in [7, 11) is -0.583. The van der Waals surface area contributed by atoms with E-state index in [2.05, 4.69) is 10.6 Å². The summed E-state index contributed by atoms with van der Waals surface area (Å²) in [5.41, 5.74) is 1.58. The molecule has 0 aliphatic rings. The van der Waals surface area contributed by atoms with Crippen molar-refractivity contribution in [3.8, 4) is 11.5 Å². The lowest BCUT2D eigenvalue weighted by molar-refractivity contribution is -0.119. The maximum Gasteiger partial charge on any atom is 0.239 e. The van der Waals surface area contributed by atoms with Crippen LogP contribution in [0.15, 0.2) is 47.4 Å². The molecule has 1 amide bonds. The molecule has 2 rings (SSSR count). The number of sulfonamides is 1. The van der Waals surface area contributed by atoms with Gasteiger partial charge >= 0.3 is 0 Å². The van der Waals surface area contributed by atoms with Crippen LogP contribution in [0.5, 0.6) is 11.5 Å². The third-order valence-corrected chi connectivity index (χ3v) is 4.77. The first kappa shape index (κ1) is 20.5. The SMILES string of the molecule is COc1ccc(NCC(=O)NCCc2ccc(S(N)(=O)=O)cc2)c(OC)c1. The van der Waals surface area contributed by atoms with E-state index in [1.54, 1.807) is 44.6 Å². The molecule has 8 nitrogen and oxygen atoms in total. The average molecular weight is 393 g/mol. The molecule has 0 saturated heterocycles. The molecule has 2 aromatic rings. The molecule has 0 aliphatic carbocycles. The molecule has 0 aliphatic heterocycles. The highest BCUT2D eigenvalue weighted by Gasteiger charge is 2.08. The Morgan fingerprint density at radius 3 is 2.37 bits per heavy atom. The minimum atomic E-state index is -3.69. The predicted octanol–water partition coefficient (Wildman–Crippen LogP) is 1.12. The van der Waals surface area contributed by atoms with Crippen LogP contribution in [-0.2, 0) is 21.2 Å². The van der Waals surface area contributed by atoms with Gasteiger partial charge in [0, 0.05) is 12.6 Å². The molecule has 4 N–H and O–H groups in total. The summed E-state index contributed by atoms with van der Waals surface area (Å²) in [5.74, 6) is 1.07. The van der Waals surface area contributed by atoms with Crippen molar-refractivity contribution in [2.45, 2.75) is 11.3 Å². The molecule has 0 bridgehead atoms. The summed E-state index contributed by atoms with van der Waals surface area (Å²) in [6.07, 6.45) is 0.572. The first-order chi connectivity index (χ1) is 12.8. The first-order valence-electron chi connectivity index (χ1n) is 8.18. The molecule has 0 saturated carbocycles. The lowest BCUT2D eigenvalue weighted by Crippen LogP contribution is -2.31. The van der Waals surface area contributed by atoms with Crippen LogP contribution >= 0.6 is 0 Å². The minimum Gasteiger partial charge on any atom is -0.497 e. The Hall–Kier alpha value is -2.78. The number of hydrogen-bond donors (Lipinski definition) is 3. The molecular weight excluding hydrogens is 370 g/mol. The number of ether oxygens (including phenoxy) is 2. The fourth-order valence-electron chi connectivity index (χ4n) is 2.37. The standard InChI is InChI=1S/C18H23N3O5S/c1-25-14-5-8-16(17(11-14)26-2)21-12-18(22)20-10-9-13-3-6-15(7-4-13)27(19,23)24/h3-8,11,21H,9-10,12H2,1-2H3,(H,20,22)(H2,19,23,24). The van der Waals surface area contributed by atoms with E-state index in [1.807, 2.05) is 0 Å².